The Balaban J connectivity index is 1.88. The zero-order valence-electron chi connectivity index (χ0n) is 12.7. The molecule has 0 saturated heterocycles. The third-order valence-electron chi connectivity index (χ3n) is 3.90. The normalized spacial score (nSPS) is 13.3. The van der Waals surface area contributed by atoms with E-state index >= 15 is 0 Å². The summed E-state index contributed by atoms with van der Waals surface area (Å²) in [6.07, 6.45) is 1.44. The van der Waals surface area contributed by atoms with E-state index in [2.05, 4.69) is 4.74 Å². The van der Waals surface area contributed by atoms with Crippen LogP contribution in [-0.2, 0) is 6.42 Å². The van der Waals surface area contributed by atoms with Crippen molar-refractivity contribution in [3.63, 3.8) is 0 Å². The van der Waals surface area contributed by atoms with Crippen LogP contribution in [0.5, 0.6) is 5.75 Å². The number of hydrogen-bond donors (Lipinski definition) is 0. The molecule has 0 fully saturated rings. The van der Waals surface area contributed by atoms with Crippen LogP contribution >= 0.6 is 0 Å². The largest absolute Gasteiger partial charge is 0.435 e. The molecule has 6 heteroatoms. The van der Waals surface area contributed by atoms with Gasteiger partial charge in [-0.2, -0.15) is 14.0 Å². The van der Waals surface area contributed by atoms with Crippen LogP contribution in [0.1, 0.15) is 27.9 Å². The maximum atomic E-state index is 12.7. The van der Waals surface area contributed by atoms with Crippen molar-refractivity contribution in [3.8, 4) is 11.8 Å². The van der Waals surface area contributed by atoms with Gasteiger partial charge in [-0.3, -0.25) is 4.79 Å². The van der Waals surface area contributed by atoms with Crippen LogP contribution in [0.15, 0.2) is 42.5 Å². The summed E-state index contributed by atoms with van der Waals surface area (Å²) in [4.78, 5) is 14.3. The fourth-order valence-electron chi connectivity index (χ4n) is 2.80. The summed E-state index contributed by atoms with van der Waals surface area (Å²) in [5.74, 6) is -0.0839. The van der Waals surface area contributed by atoms with E-state index in [0.717, 1.165) is 12.0 Å². The molecular weight excluding hydrogens is 314 g/mol. The Labute approximate surface area is 137 Å². The molecule has 1 aliphatic rings. The number of nitrogens with zero attached hydrogens (tertiary/aromatic N) is 2. The quantitative estimate of drug-likeness (QED) is 0.862. The van der Waals surface area contributed by atoms with Crippen molar-refractivity contribution in [1.29, 1.82) is 5.26 Å². The molecule has 0 saturated carbocycles. The number of fused-ring (bicyclic) bond motifs is 1. The molecule has 4 nitrogen and oxygen atoms in total. The van der Waals surface area contributed by atoms with Crippen molar-refractivity contribution < 1.29 is 18.3 Å². The number of carbonyl (C=O) groups is 1. The van der Waals surface area contributed by atoms with Gasteiger partial charge < -0.3 is 9.64 Å². The minimum atomic E-state index is -2.87. The van der Waals surface area contributed by atoms with Crippen molar-refractivity contribution >= 4 is 11.6 Å². The van der Waals surface area contributed by atoms with Gasteiger partial charge in [-0.05, 0) is 60.9 Å². The molecule has 0 N–H and O–H groups in total. The number of aryl methyl sites for hydroxylation is 1. The topological polar surface area (TPSA) is 53.3 Å². The van der Waals surface area contributed by atoms with Gasteiger partial charge in [0.25, 0.3) is 5.91 Å². The minimum absolute atomic E-state index is 0.0939. The first-order chi connectivity index (χ1) is 11.6. The number of hydrogen-bond acceptors (Lipinski definition) is 3. The predicted molar refractivity (Wildman–Crippen MR) is 84.2 cm³/mol. The van der Waals surface area contributed by atoms with Gasteiger partial charge in [-0.1, -0.05) is 0 Å². The van der Waals surface area contributed by atoms with Crippen LogP contribution in [0.2, 0.25) is 0 Å². The number of benzene rings is 2. The van der Waals surface area contributed by atoms with Gasteiger partial charge in [0.2, 0.25) is 0 Å². The number of nitriles is 1. The molecule has 1 aliphatic heterocycles. The van der Waals surface area contributed by atoms with Crippen molar-refractivity contribution in [3.05, 3.63) is 59.2 Å². The molecule has 24 heavy (non-hydrogen) atoms. The van der Waals surface area contributed by atoms with Crippen LogP contribution in [0.4, 0.5) is 14.5 Å². The first-order valence-electron chi connectivity index (χ1n) is 7.48. The van der Waals surface area contributed by atoms with E-state index in [1.165, 1.54) is 6.07 Å². The fraction of sp³-hybridized carbons (Fsp3) is 0.222. The molecule has 0 unspecified atom stereocenters. The highest BCUT2D eigenvalue weighted by Gasteiger charge is 2.24. The Kier molecular flexibility index (Phi) is 4.43. The Bertz CT molecular complexity index is 798. The van der Waals surface area contributed by atoms with Crippen LogP contribution in [0.3, 0.4) is 0 Å². The van der Waals surface area contributed by atoms with E-state index in [4.69, 9.17) is 5.26 Å². The van der Waals surface area contributed by atoms with Crippen molar-refractivity contribution in [2.75, 3.05) is 11.4 Å². The van der Waals surface area contributed by atoms with Gasteiger partial charge in [0.15, 0.2) is 0 Å². The zero-order chi connectivity index (χ0) is 17.1. The minimum Gasteiger partial charge on any atom is -0.435 e. The van der Waals surface area contributed by atoms with Gasteiger partial charge in [-0.15, -0.1) is 0 Å². The van der Waals surface area contributed by atoms with Crippen LogP contribution < -0.4 is 9.64 Å². The molecule has 1 amide bonds. The number of halogens is 2. The lowest BCUT2D eigenvalue weighted by molar-refractivity contribution is -0.0498. The summed E-state index contributed by atoms with van der Waals surface area (Å²) < 4.78 is 29.1. The molecule has 122 valence electrons. The third kappa shape index (κ3) is 3.20. The standard InChI is InChI=1S/C18H14F2N2O2/c19-18(20)24-15-7-8-16-14(10-15)2-1-9-22(16)17(23)13-5-3-12(11-21)4-6-13/h3-8,10,18H,1-2,9H2. The van der Waals surface area contributed by atoms with E-state index < -0.39 is 6.61 Å². The van der Waals surface area contributed by atoms with E-state index in [1.807, 2.05) is 6.07 Å². The zero-order valence-corrected chi connectivity index (χ0v) is 12.7. The molecular formula is C18H14F2N2O2. The van der Waals surface area contributed by atoms with Crippen LogP contribution in [-0.4, -0.2) is 19.1 Å². The van der Waals surface area contributed by atoms with E-state index in [9.17, 15) is 13.6 Å². The SMILES string of the molecule is N#Cc1ccc(C(=O)N2CCCc3cc(OC(F)F)ccc32)cc1. The molecule has 0 aromatic heterocycles. The molecule has 0 bridgehead atoms. The first kappa shape index (κ1) is 15.9. The number of amides is 1. The number of rotatable bonds is 3. The fourth-order valence-corrected chi connectivity index (χ4v) is 2.80. The predicted octanol–water partition coefficient (Wildman–Crippen LogP) is 3.75. The van der Waals surface area contributed by atoms with Gasteiger partial charge >= 0.3 is 6.61 Å². The maximum absolute atomic E-state index is 12.7. The highest BCUT2D eigenvalue weighted by Crippen LogP contribution is 2.32. The lowest BCUT2D eigenvalue weighted by Gasteiger charge is -2.30. The highest BCUT2D eigenvalue weighted by atomic mass is 19.3. The molecule has 0 atom stereocenters. The summed E-state index contributed by atoms with van der Waals surface area (Å²) in [5.41, 5.74) is 2.48. The number of ether oxygens (including phenoxy) is 1. The summed E-state index contributed by atoms with van der Waals surface area (Å²) >= 11 is 0. The molecule has 0 radical (unpaired) electrons. The Morgan fingerprint density at radius 2 is 1.96 bits per heavy atom. The molecule has 3 rings (SSSR count). The second-order valence-electron chi connectivity index (χ2n) is 5.42. The monoisotopic (exact) mass is 328 g/mol. The molecule has 2 aromatic rings. The molecule has 2 aromatic carbocycles. The van der Waals surface area contributed by atoms with Crippen molar-refractivity contribution in [2.24, 2.45) is 0 Å². The summed E-state index contributed by atoms with van der Waals surface area (Å²) in [5, 5.41) is 8.82. The summed E-state index contributed by atoms with van der Waals surface area (Å²) in [7, 11) is 0. The third-order valence-corrected chi connectivity index (χ3v) is 3.90. The summed E-state index contributed by atoms with van der Waals surface area (Å²) in [6.45, 7) is -2.32. The van der Waals surface area contributed by atoms with Gasteiger partial charge in [-0.25, -0.2) is 0 Å². The van der Waals surface area contributed by atoms with Crippen molar-refractivity contribution in [1.82, 2.24) is 0 Å². The van der Waals surface area contributed by atoms with Gasteiger partial charge in [0, 0.05) is 17.8 Å². The number of anilines is 1. The lowest BCUT2D eigenvalue weighted by atomic mass is 10.00. The Morgan fingerprint density at radius 1 is 1.21 bits per heavy atom. The summed E-state index contributed by atoms with van der Waals surface area (Å²) in [6, 6.07) is 13.1. The first-order valence-corrected chi connectivity index (χ1v) is 7.48. The lowest BCUT2D eigenvalue weighted by Crippen LogP contribution is -2.35. The Hall–Kier alpha value is -2.94. The number of alkyl halides is 2. The van der Waals surface area contributed by atoms with Crippen molar-refractivity contribution in [2.45, 2.75) is 19.5 Å². The van der Waals surface area contributed by atoms with Gasteiger partial charge in [0.1, 0.15) is 5.75 Å². The maximum Gasteiger partial charge on any atom is 0.387 e. The second-order valence-corrected chi connectivity index (χ2v) is 5.42. The van der Waals surface area contributed by atoms with E-state index in [1.54, 1.807) is 41.3 Å². The molecule has 1 heterocycles. The molecule has 0 spiro atoms. The van der Waals surface area contributed by atoms with E-state index in [0.29, 0.717) is 29.8 Å². The van der Waals surface area contributed by atoms with E-state index in [-0.39, 0.29) is 11.7 Å². The highest BCUT2D eigenvalue weighted by molar-refractivity contribution is 6.06. The average Bonchev–Trinajstić information content (AvgIpc) is 2.60. The van der Waals surface area contributed by atoms with Crippen LogP contribution in [0.25, 0.3) is 0 Å². The smallest absolute Gasteiger partial charge is 0.387 e. The molecule has 0 aliphatic carbocycles. The average molecular weight is 328 g/mol. The Morgan fingerprint density at radius 3 is 2.62 bits per heavy atom. The van der Waals surface area contributed by atoms with Gasteiger partial charge in [0.05, 0.1) is 11.6 Å². The number of carbonyl (C=O) groups excluding carboxylic acids is 1. The van der Waals surface area contributed by atoms with Crippen LogP contribution in [0, 0.1) is 11.3 Å². The second kappa shape index (κ2) is 6.67.